The number of aliphatic hydroxyl groups is 1. The zero-order valence-electron chi connectivity index (χ0n) is 10.1. The third-order valence-corrected chi connectivity index (χ3v) is 5.52. The summed E-state index contributed by atoms with van der Waals surface area (Å²) in [5.74, 6) is -2.65. The van der Waals surface area contributed by atoms with E-state index in [1.165, 1.54) is 12.1 Å². The van der Waals surface area contributed by atoms with E-state index in [-0.39, 0.29) is 30.0 Å². The van der Waals surface area contributed by atoms with Crippen molar-refractivity contribution in [2.75, 3.05) is 18.1 Å². The standard InChI is InChI=1S/C12H15F2NO3S/c13-9-3-1-2-8(10(9)14)11(16)12(6-15)4-5-19(17,18)7-12/h1-3,11,16H,4-7,15H2. The topological polar surface area (TPSA) is 80.4 Å². The van der Waals surface area contributed by atoms with Crippen molar-refractivity contribution in [1.29, 1.82) is 0 Å². The molecule has 1 aliphatic rings. The van der Waals surface area contributed by atoms with Crippen molar-refractivity contribution >= 4 is 9.84 Å². The molecule has 7 heteroatoms. The summed E-state index contributed by atoms with van der Waals surface area (Å²) in [4.78, 5) is 0. The minimum absolute atomic E-state index is 0.0990. The molecule has 0 aliphatic carbocycles. The van der Waals surface area contributed by atoms with Crippen LogP contribution in [0.15, 0.2) is 18.2 Å². The van der Waals surface area contributed by atoms with Gasteiger partial charge in [0.15, 0.2) is 21.5 Å². The molecule has 106 valence electrons. The lowest BCUT2D eigenvalue weighted by Crippen LogP contribution is -2.38. The second-order valence-corrected chi connectivity index (χ2v) is 7.14. The molecule has 0 saturated carbocycles. The van der Waals surface area contributed by atoms with Crippen molar-refractivity contribution in [1.82, 2.24) is 0 Å². The first-order valence-electron chi connectivity index (χ1n) is 5.84. The Morgan fingerprint density at radius 1 is 1.42 bits per heavy atom. The lowest BCUT2D eigenvalue weighted by atomic mass is 9.78. The average molecular weight is 291 g/mol. The van der Waals surface area contributed by atoms with Crippen LogP contribution in [0.4, 0.5) is 8.78 Å². The fraction of sp³-hybridized carbons (Fsp3) is 0.500. The van der Waals surface area contributed by atoms with Gasteiger partial charge in [0, 0.05) is 17.5 Å². The molecule has 4 nitrogen and oxygen atoms in total. The number of hydrogen-bond donors (Lipinski definition) is 2. The maximum atomic E-state index is 13.7. The van der Waals surface area contributed by atoms with Gasteiger partial charge in [-0.3, -0.25) is 0 Å². The minimum Gasteiger partial charge on any atom is -0.388 e. The number of nitrogens with two attached hydrogens (primary N) is 1. The van der Waals surface area contributed by atoms with Crippen molar-refractivity contribution in [2.24, 2.45) is 11.1 Å². The number of hydrogen-bond acceptors (Lipinski definition) is 4. The third-order valence-electron chi connectivity index (χ3n) is 3.68. The summed E-state index contributed by atoms with van der Waals surface area (Å²) in [7, 11) is -3.30. The van der Waals surface area contributed by atoms with Gasteiger partial charge >= 0.3 is 0 Å². The minimum atomic E-state index is -3.30. The van der Waals surface area contributed by atoms with Gasteiger partial charge in [0.2, 0.25) is 0 Å². The van der Waals surface area contributed by atoms with Crippen molar-refractivity contribution in [3.8, 4) is 0 Å². The van der Waals surface area contributed by atoms with Crippen molar-refractivity contribution < 1.29 is 22.3 Å². The van der Waals surface area contributed by atoms with Crippen molar-refractivity contribution in [2.45, 2.75) is 12.5 Å². The maximum absolute atomic E-state index is 13.7. The summed E-state index contributed by atoms with van der Waals surface area (Å²) in [6, 6.07) is 3.45. The summed E-state index contributed by atoms with van der Waals surface area (Å²) in [5.41, 5.74) is 4.18. The molecule has 2 atom stereocenters. The number of aliphatic hydroxyl groups excluding tert-OH is 1. The smallest absolute Gasteiger partial charge is 0.164 e. The molecule has 2 unspecified atom stereocenters. The number of halogens is 2. The monoisotopic (exact) mass is 291 g/mol. The van der Waals surface area contributed by atoms with E-state index >= 15 is 0 Å². The second kappa shape index (κ2) is 4.81. The van der Waals surface area contributed by atoms with Gasteiger partial charge in [-0.25, -0.2) is 17.2 Å². The first-order valence-corrected chi connectivity index (χ1v) is 7.66. The van der Waals surface area contributed by atoms with E-state index in [1.807, 2.05) is 0 Å². The van der Waals surface area contributed by atoms with Gasteiger partial charge in [-0.05, 0) is 12.5 Å². The van der Waals surface area contributed by atoms with Gasteiger partial charge in [0.05, 0.1) is 17.6 Å². The van der Waals surface area contributed by atoms with Gasteiger partial charge in [-0.15, -0.1) is 0 Å². The Bertz CT molecular complexity index is 591. The molecule has 1 fully saturated rings. The fourth-order valence-electron chi connectivity index (χ4n) is 2.49. The van der Waals surface area contributed by atoms with E-state index in [0.29, 0.717) is 0 Å². The normalized spacial score (nSPS) is 27.4. The molecular formula is C12H15F2NO3S. The van der Waals surface area contributed by atoms with Crippen LogP contribution in [-0.2, 0) is 9.84 Å². The van der Waals surface area contributed by atoms with Crippen molar-refractivity contribution in [3.05, 3.63) is 35.4 Å². The number of rotatable bonds is 3. The first kappa shape index (κ1) is 14.4. The summed E-state index contributed by atoms with van der Waals surface area (Å²) >= 11 is 0. The highest BCUT2D eigenvalue weighted by atomic mass is 32.2. The van der Waals surface area contributed by atoms with E-state index in [2.05, 4.69) is 0 Å². The highest BCUT2D eigenvalue weighted by Crippen LogP contribution is 2.43. The Morgan fingerprint density at radius 2 is 2.11 bits per heavy atom. The largest absolute Gasteiger partial charge is 0.388 e. The van der Waals surface area contributed by atoms with Crippen LogP contribution in [0, 0.1) is 17.0 Å². The van der Waals surface area contributed by atoms with Crippen LogP contribution >= 0.6 is 0 Å². The Morgan fingerprint density at radius 3 is 2.63 bits per heavy atom. The summed E-state index contributed by atoms with van der Waals surface area (Å²) in [5, 5.41) is 10.3. The average Bonchev–Trinajstić information content (AvgIpc) is 2.69. The molecule has 2 rings (SSSR count). The molecule has 0 bridgehead atoms. The first-order chi connectivity index (χ1) is 8.81. The Labute approximate surface area is 110 Å². The Hall–Kier alpha value is -1.05. The van der Waals surface area contributed by atoms with E-state index in [0.717, 1.165) is 6.07 Å². The predicted octanol–water partition coefficient (Wildman–Crippen LogP) is 0.762. The molecule has 1 saturated heterocycles. The molecule has 0 spiro atoms. The fourth-order valence-corrected chi connectivity index (χ4v) is 4.65. The van der Waals surface area contributed by atoms with Gasteiger partial charge in [0.25, 0.3) is 0 Å². The van der Waals surface area contributed by atoms with Gasteiger partial charge in [-0.1, -0.05) is 12.1 Å². The Balaban J connectivity index is 2.42. The lowest BCUT2D eigenvalue weighted by molar-refractivity contribution is 0.0437. The van der Waals surface area contributed by atoms with E-state index in [9.17, 15) is 22.3 Å². The number of sulfone groups is 1. The zero-order chi connectivity index (χ0) is 14.3. The summed E-state index contributed by atoms with van der Waals surface area (Å²) in [6.45, 7) is -0.108. The predicted molar refractivity (Wildman–Crippen MR) is 66.1 cm³/mol. The quantitative estimate of drug-likeness (QED) is 0.861. The molecule has 1 aromatic carbocycles. The van der Waals surface area contributed by atoms with Crippen LogP contribution in [0.2, 0.25) is 0 Å². The van der Waals surface area contributed by atoms with Gasteiger partial charge in [-0.2, -0.15) is 0 Å². The maximum Gasteiger partial charge on any atom is 0.164 e. The molecule has 0 amide bonds. The van der Waals surface area contributed by atoms with Crippen LogP contribution in [-0.4, -0.2) is 31.6 Å². The van der Waals surface area contributed by atoms with E-state index in [4.69, 9.17) is 5.73 Å². The molecule has 1 aromatic rings. The van der Waals surface area contributed by atoms with Crippen LogP contribution < -0.4 is 5.73 Å². The van der Waals surface area contributed by atoms with Crippen LogP contribution in [0.1, 0.15) is 18.1 Å². The molecule has 0 aromatic heterocycles. The number of benzene rings is 1. The van der Waals surface area contributed by atoms with Crippen LogP contribution in [0.3, 0.4) is 0 Å². The summed E-state index contributed by atoms with van der Waals surface area (Å²) in [6.07, 6.45) is -1.30. The summed E-state index contributed by atoms with van der Waals surface area (Å²) < 4.78 is 50.0. The lowest BCUT2D eigenvalue weighted by Gasteiger charge is -2.32. The van der Waals surface area contributed by atoms with Gasteiger partial charge in [0.1, 0.15) is 0 Å². The third kappa shape index (κ3) is 2.50. The molecule has 0 radical (unpaired) electrons. The van der Waals surface area contributed by atoms with Crippen molar-refractivity contribution in [3.63, 3.8) is 0 Å². The zero-order valence-corrected chi connectivity index (χ0v) is 11.0. The second-order valence-electron chi connectivity index (χ2n) is 4.95. The molecule has 3 N–H and O–H groups in total. The van der Waals surface area contributed by atoms with Gasteiger partial charge < -0.3 is 10.8 Å². The SMILES string of the molecule is NCC1(C(O)c2cccc(F)c2F)CCS(=O)(=O)C1. The highest BCUT2D eigenvalue weighted by molar-refractivity contribution is 7.91. The van der Waals surface area contributed by atoms with E-state index in [1.54, 1.807) is 0 Å². The molecular weight excluding hydrogens is 276 g/mol. The Kier molecular flexibility index (Phi) is 3.63. The van der Waals surface area contributed by atoms with E-state index < -0.39 is 33.0 Å². The molecule has 1 aliphatic heterocycles. The molecule has 1 heterocycles. The van der Waals surface area contributed by atoms with Crippen LogP contribution in [0.5, 0.6) is 0 Å². The van der Waals surface area contributed by atoms with Crippen LogP contribution in [0.25, 0.3) is 0 Å². The highest BCUT2D eigenvalue weighted by Gasteiger charge is 2.47. The molecule has 19 heavy (non-hydrogen) atoms.